The van der Waals surface area contributed by atoms with Crippen LogP contribution >= 0.6 is 0 Å². The van der Waals surface area contributed by atoms with E-state index in [1.54, 1.807) is 36.1 Å². The number of rotatable bonds is 3. The summed E-state index contributed by atoms with van der Waals surface area (Å²) in [6, 6.07) is 8.55. The molecule has 0 unspecified atom stereocenters. The summed E-state index contributed by atoms with van der Waals surface area (Å²) >= 11 is 0. The number of nitrogens with two attached hydrogens (primary N) is 1. The normalized spacial score (nSPS) is 10.4. The van der Waals surface area contributed by atoms with Gasteiger partial charge < -0.3 is 15.6 Å². The molecule has 1 aromatic carbocycles. The van der Waals surface area contributed by atoms with Gasteiger partial charge in [0.2, 0.25) is 5.88 Å². The van der Waals surface area contributed by atoms with Crippen molar-refractivity contribution in [1.29, 1.82) is 0 Å². The van der Waals surface area contributed by atoms with Gasteiger partial charge in [-0.05, 0) is 12.1 Å². The Morgan fingerprint density at radius 2 is 2.25 bits per heavy atom. The molecule has 0 saturated carbocycles. The number of methoxy groups -OCH3 is 1. The van der Waals surface area contributed by atoms with E-state index in [4.69, 9.17) is 10.5 Å². The highest BCUT2D eigenvalue weighted by molar-refractivity contribution is 5.40. The number of hydrogen-bond donors (Lipinski definition) is 2. The van der Waals surface area contributed by atoms with Crippen molar-refractivity contribution in [1.82, 2.24) is 9.78 Å². The van der Waals surface area contributed by atoms with Crippen LogP contribution in [0, 0.1) is 0 Å². The third-order valence-corrected chi connectivity index (χ3v) is 2.22. The quantitative estimate of drug-likeness (QED) is 0.809. The lowest BCUT2D eigenvalue weighted by atomic mass is 10.3. The van der Waals surface area contributed by atoms with Crippen molar-refractivity contribution in [3.05, 3.63) is 36.0 Å². The monoisotopic (exact) mass is 219 g/mol. The van der Waals surface area contributed by atoms with Crippen LogP contribution in [0.15, 0.2) is 30.3 Å². The Labute approximate surface area is 93.1 Å². The average molecular weight is 219 g/mol. The van der Waals surface area contributed by atoms with E-state index in [0.29, 0.717) is 12.4 Å². The van der Waals surface area contributed by atoms with Gasteiger partial charge in [-0.15, -0.1) is 0 Å². The van der Waals surface area contributed by atoms with E-state index in [2.05, 4.69) is 5.10 Å². The van der Waals surface area contributed by atoms with Crippen molar-refractivity contribution < 1.29 is 9.84 Å². The molecule has 0 aliphatic carbocycles. The molecule has 5 nitrogen and oxygen atoms in total. The smallest absolute Gasteiger partial charge is 0.216 e. The summed E-state index contributed by atoms with van der Waals surface area (Å²) in [7, 11) is 1.57. The molecule has 1 heterocycles. The zero-order valence-corrected chi connectivity index (χ0v) is 8.92. The molecule has 0 spiro atoms. The Kier molecular flexibility index (Phi) is 2.78. The Hall–Kier alpha value is -2.01. The van der Waals surface area contributed by atoms with Crippen LogP contribution in [0.3, 0.4) is 0 Å². The molecule has 0 aliphatic rings. The summed E-state index contributed by atoms with van der Waals surface area (Å²) in [4.78, 5) is 0. The van der Waals surface area contributed by atoms with Crippen LogP contribution in [0.5, 0.6) is 11.6 Å². The van der Waals surface area contributed by atoms with Gasteiger partial charge in [-0.1, -0.05) is 6.07 Å². The second kappa shape index (κ2) is 4.24. The second-order valence-corrected chi connectivity index (χ2v) is 3.31. The van der Waals surface area contributed by atoms with E-state index in [9.17, 15) is 5.11 Å². The lowest BCUT2D eigenvalue weighted by Crippen LogP contribution is -2.01. The van der Waals surface area contributed by atoms with E-state index in [-0.39, 0.29) is 5.75 Å². The van der Waals surface area contributed by atoms with Gasteiger partial charge in [0.05, 0.1) is 18.5 Å². The molecular weight excluding hydrogens is 206 g/mol. The number of hydrogen-bond acceptors (Lipinski definition) is 4. The topological polar surface area (TPSA) is 73.3 Å². The molecule has 0 bridgehead atoms. The number of benzene rings is 1. The van der Waals surface area contributed by atoms with Crippen molar-refractivity contribution in [2.45, 2.75) is 6.54 Å². The summed E-state index contributed by atoms with van der Waals surface area (Å²) < 4.78 is 6.78. The number of nitrogens with zero attached hydrogens (tertiary/aromatic N) is 2. The maximum atomic E-state index is 9.40. The first-order chi connectivity index (χ1) is 7.74. The Bertz CT molecular complexity index is 494. The van der Waals surface area contributed by atoms with E-state index in [1.165, 1.54) is 0 Å². The van der Waals surface area contributed by atoms with Crippen LogP contribution in [0.1, 0.15) is 5.69 Å². The maximum absolute atomic E-state index is 9.40. The lowest BCUT2D eigenvalue weighted by molar-refractivity contribution is 0.383. The molecule has 2 aromatic rings. The molecule has 16 heavy (non-hydrogen) atoms. The minimum atomic E-state index is 0.185. The van der Waals surface area contributed by atoms with Gasteiger partial charge in [-0.2, -0.15) is 5.10 Å². The Morgan fingerprint density at radius 3 is 2.88 bits per heavy atom. The lowest BCUT2D eigenvalue weighted by Gasteiger charge is -2.05. The first kappa shape index (κ1) is 10.5. The van der Waals surface area contributed by atoms with E-state index < -0.39 is 0 Å². The highest BCUT2D eigenvalue weighted by Crippen LogP contribution is 2.21. The molecule has 0 radical (unpaired) electrons. The number of aromatic hydroxyl groups is 1. The Morgan fingerprint density at radius 1 is 1.44 bits per heavy atom. The van der Waals surface area contributed by atoms with Gasteiger partial charge >= 0.3 is 0 Å². The molecule has 0 fully saturated rings. The van der Waals surface area contributed by atoms with E-state index in [0.717, 1.165) is 11.4 Å². The van der Waals surface area contributed by atoms with Crippen LogP contribution in [0.25, 0.3) is 5.69 Å². The number of phenols is 1. The van der Waals surface area contributed by atoms with Crippen LogP contribution < -0.4 is 10.5 Å². The van der Waals surface area contributed by atoms with Gasteiger partial charge in [0.25, 0.3) is 0 Å². The number of phenolic OH excluding ortho intramolecular Hbond substituents is 1. The third kappa shape index (κ3) is 1.85. The fourth-order valence-electron chi connectivity index (χ4n) is 1.47. The zero-order valence-electron chi connectivity index (χ0n) is 8.92. The molecule has 0 amide bonds. The van der Waals surface area contributed by atoms with Crippen LogP contribution in [0.4, 0.5) is 0 Å². The van der Waals surface area contributed by atoms with E-state index >= 15 is 0 Å². The van der Waals surface area contributed by atoms with Crippen molar-refractivity contribution in [2.75, 3.05) is 7.11 Å². The minimum absolute atomic E-state index is 0.185. The average Bonchev–Trinajstić information content (AvgIpc) is 2.72. The molecule has 84 valence electrons. The first-order valence-corrected chi connectivity index (χ1v) is 4.87. The summed E-state index contributed by atoms with van der Waals surface area (Å²) in [6.45, 7) is 0.349. The van der Waals surface area contributed by atoms with Crippen molar-refractivity contribution in [2.24, 2.45) is 5.73 Å². The zero-order chi connectivity index (χ0) is 11.5. The van der Waals surface area contributed by atoms with Gasteiger partial charge in [-0.3, -0.25) is 0 Å². The maximum Gasteiger partial charge on any atom is 0.216 e. The summed E-state index contributed by atoms with van der Waals surface area (Å²) in [5, 5.41) is 13.7. The highest BCUT2D eigenvalue weighted by atomic mass is 16.5. The van der Waals surface area contributed by atoms with Crippen LogP contribution in [0.2, 0.25) is 0 Å². The predicted molar refractivity (Wildman–Crippen MR) is 59.7 cm³/mol. The standard InChI is InChI=1S/C11H13N3O2/c1-16-11-5-8(7-12)13-14(11)9-3-2-4-10(15)6-9/h2-6,15H,7,12H2,1H3. The van der Waals surface area contributed by atoms with Gasteiger partial charge in [-0.25, -0.2) is 4.68 Å². The van der Waals surface area contributed by atoms with Crippen molar-refractivity contribution in [3.8, 4) is 17.3 Å². The van der Waals surface area contributed by atoms with Gasteiger partial charge in [0, 0.05) is 18.7 Å². The second-order valence-electron chi connectivity index (χ2n) is 3.31. The molecule has 0 atom stereocenters. The fraction of sp³-hybridized carbons (Fsp3) is 0.182. The molecule has 3 N–H and O–H groups in total. The van der Waals surface area contributed by atoms with Crippen LogP contribution in [-0.2, 0) is 6.54 Å². The van der Waals surface area contributed by atoms with Gasteiger partial charge in [0.15, 0.2) is 0 Å². The molecule has 2 rings (SSSR count). The van der Waals surface area contributed by atoms with E-state index in [1.807, 2.05) is 6.07 Å². The molecule has 1 aromatic heterocycles. The predicted octanol–water partition coefficient (Wildman–Crippen LogP) is 1.05. The SMILES string of the molecule is COc1cc(CN)nn1-c1cccc(O)c1. The molecule has 5 heteroatoms. The summed E-state index contributed by atoms with van der Waals surface area (Å²) in [5.41, 5.74) is 6.98. The molecular formula is C11H13N3O2. The largest absolute Gasteiger partial charge is 0.508 e. The van der Waals surface area contributed by atoms with Gasteiger partial charge in [0.1, 0.15) is 5.75 Å². The minimum Gasteiger partial charge on any atom is -0.508 e. The van der Waals surface area contributed by atoms with Crippen LogP contribution in [-0.4, -0.2) is 22.0 Å². The van der Waals surface area contributed by atoms with Crippen molar-refractivity contribution >= 4 is 0 Å². The molecule has 0 aliphatic heterocycles. The number of aromatic nitrogens is 2. The highest BCUT2D eigenvalue weighted by Gasteiger charge is 2.09. The Balaban J connectivity index is 2.50. The first-order valence-electron chi connectivity index (χ1n) is 4.87. The number of ether oxygens (including phenoxy) is 1. The fourth-order valence-corrected chi connectivity index (χ4v) is 1.47. The summed E-state index contributed by atoms with van der Waals surface area (Å²) in [6.07, 6.45) is 0. The third-order valence-electron chi connectivity index (χ3n) is 2.22. The molecule has 0 saturated heterocycles. The summed E-state index contributed by atoms with van der Waals surface area (Å²) in [5.74, 6) is 0.774. The van der Waals surface area contributed by atoms with Crippen molar-refractivity contribution in [3.63, 3.8) is 0 Å².